The zero-order valence-electron chi connectivity index (χ0n) is 10.6. The van der Waals surface area contributed by atoms with E-state index in [0.717, 1.165) is 0 Å². The largest absolute Gasteiger partial charge is 0.278 e. The second-order valence-electron chi connectivity index (χ2n) is 4.93. The molecule has 94 valence electrons. The molecule has 1 aromatic carbocycles. The number of carbonyl (C=O) groups is 2. The van der Waals surface area contributed by atoms with Crippen LogP contribution in [0.5, 0.6) is 0 Å². The number of hydrogen-bond donors (Lipinski definition) is 0. The van der Waals surface area contributed by atoms with Crippen LogP contribution in [0.3, 0.4) is 0 Å². The molecule has 1 heterocycles. The molecular weight excluding hydrogens is 226 g/mol. The normalized spacial score (nSPS) is 23.2. The van der Waals surface area contributed by atoms with E-state index >= 15 is 0 Å². The number of benzene rings is 1. The zero-order valence-corrected chi connectivity index (χ0v) is 10.6. The molecule has 0 spiro atoms. The number of hydrogen-bond acceptors (Lipinski definition) is 2. The van der Waals surface area contributed by atoms with Crippen molar-refractivity contribution in [2.75, 3.05) is 6.54 Å². The SMILES string of the molecule is C=CCC1(C)CCN(C(=O)c2ccccc2)C1=O. The lowest BCUT2D eigenvalue weighted by Crippen LogP contribution is -2.37. The Balaban J connectivity index is 2.20. The van der Waals surface area contributed by atoms with E-state index in [2.05, 4.69) is 6.58 Å². The fourth-order valence-corrected chi connectivity index (χ4v) is 2.33. The van der Waals surface area contributed by atoms with Gasteiger partial charge in [-0.25, -0.2) is 0 Å². The summed E-state index contributed by atoms with van der Waals surface area (Å²) in [7, 11) is 0. The monoisotopic (exact) mass is 243 g/mol. The molecule has 1 fully saturated rings. The maximum Gasteiger partial charge on any atom is 0.260 e. The van der Waals surface area contributed by atoms with Gasteiger partial charge in [0.1, 0.15) is 0 Å². The van der Waals surface area contributed by atoms with Crippen LogP contribution in [-0.2, 0) is 4.79 Å². The van der Waals surface area contributed by atoms with Crippen LogP contribution in [0.25, 0.3) is 0 Å². The summed E-state index contributed by atoms with van der Waals surface area (Å²) in [6, 6.07) is 8.93. The van der Waals surface area contributed by atoms with Crippen molar-refractivity contribution in [3.63, 3.8) is 0 Å². The Bertz CT molecular complexity index is 481. The van der Waals surface area contributed by atoms with Crippen molar-refractivity contribution in [3.8, 4) is 0 Å². The average Bonchev–Trinajstić information content (AvgIpc) is 2.67. The molecule has 3 nitrogen and oxygen atoms in total. The van der Waals surface area contributed by atoms with Crippen LogP contribution in [0.4, 0.5) is 0 Å². The fraction of sp³-hybridized carbons (Fsp3) is 0.333. The molecule has 0 bridgehead atoms. The molecular formula is C15H17NO2. The molecule has 2 rings (SSSR count). The van der Waals surface area contributed by atoms with Gasteiger partial charge in [-0.3, -0.25) is 14.5 Å². The molecule has 2 amide bonds. The maximum absolute atomic E-state index is 12.3. The summed E-state index contributed by atoms with van der Waals surface area (Å²) in [4.78, 5) is 25.9. The molecule has 1 aliphatic rings. The molecule has 1 unspecified atom stereocenters. The molecule has 0 radical (unpaired) electrons. The maximum atomic E-state index is 12.3. The minimum absolute atomic E-state index is 0.0868. The molecule has 1 saturated heterocycles. The molecule has 1 aromatic rings. The summed E-state index contributed by atoms with van der Waals surface area (Å²) >= 11 is 0. The van der Waals surface area contributed by atoms with E-state index in [-0.39, 0.29) is 11.8 Å². The van der Waals surface area contributed by atoms with E-state index in [1.807, 2.05) is 13.0 Å². The van der Waals surface area contributed by atoms with E-state index in [4.69, 9.17) is 0 Å². The first-order chi connectivity index (χ1) is 8.58. The van der Waals surface area contributed by atoms with Gasteiger partial charge in [0.05, 0.1) is 5.41 Å². The lowest BCUT2D eigenvalue weighted by atomic mass is 9.85. The Morgan fingerprint density at radius 1 is 1.44 bits per heavy atom. The van der Waals surface area contributed by atoms with Gasteiger partial charge in [0, 0.05) is 12.1 Å². The van der Waals surface area contributed by atoms with Crippen LogP contribution in [0.15, 0.2) is 43.0 Å². The molecule has 0 N–H and O–H groups in total. The number of carbonyl (C=O) groups excluding carboxylic acids is 2. The van der Waals surface area contributed by atoms with Gasteiger partial charge in [-0.2, -0.15) is 0 Å². The minimum atomic E-state index is -0.466. The third-order valence-corrected chi connectivity index (χ3v) is 3.51. The molecule has 1 atom stereocenters. The van der Waals surface area contributed by atoms with Crippen LogP contribution in [0.1, 0.15) is 30.1 Å². The highest BCUT2D eigenvalue weighted by Gasteiger charge is 2.44. The van der Waals surface area contributed by atoms with Crippen molar-refractivity contribution >= 4 is 11.8 Å². The van der Waals surface area contributed by atoms with Gasteiger partial charge in [0.25, 0.3) is 5.91 Å². The predicted molar refractivity (Wildman–Crippen MR) is 70.0 cm³/mol. The van der Waals surface area contributed by atoms with Crippen molar-refractivity contribution in [2.45, 2.75) is 19.8 Å². The van der Waals surface area contributed by atoms with Gasteiger partial charge < -0.3 is 0 Å². The molecule has 3 heteroatoms. The molecule has 0 aliphatic carbocycles. The molecule has 0 aromatic heterocycles. The Kier molecular flexibility index (Phi) is 3.32. The predicted octanol–water partition coefficient (Wildman–Crippen LogP) is 2.64. The molecule has 0 saturated carbocycles. The lowest BCUT2D eigenvalue weighted by Gasteiger charge is -2.21. The van der Waals surface area contributed by atoms with Gasteiger partial charge >= 0.3 is 0 Å². The Morgan fingerprint density at radius 3 is 2.72 bits per heavy atom. The van der Waals surface area contributed by atoms with E-state index in [1.54, 1.807) is 30.3 Å². The highest BCUT2D eigenvalue weighted by atomic mass is 16.2. The van der Waals surface area contributed by atoms with Crippen LogP contribution in [0, 0.1) is 5.41 Å². The molecule has 18 heavy (non-hydrogen) atoms. The Morgan fingerprint density at radius 2 is 2.11 bits per heavy atom. The second kappa shape index (κ2) is 4.77. The van der Waals surface area contributed by atoms with Crippen molar-refractivity contribution in [1.82, 2.24) is 4.90 Å². The third kappa shape index (κ3) is 2.08. The van der Waals surface area contributed by atoms with E-state index < -0.39 is 5.41 Å². The number of rotatable bonds is 3. The standard InChI is InChI=1S/C15H17NO2/c1-3-9-15(2)10-11-16(14(15)18)13(17)12-7-5-4-6-8-12/h3-8H,1,9-11H2,2H3. The zero-order chi connectivity index (χ0) is 13.2. The summed E-state index contributed by atoms with van der Waals surface area (Å²) in [5.41, 5.74) is 0.0975. The van der Waals surface area contributed by atoms with Crippen LogP contribution < -0.4 is 0 Å². The lowest BCUT2D eigenvalue weighted by molar-refractivity contribution is -0.133. The van der Waals surface area contributed by atoms with E-state index in [1.165, 1.54) is 4.90 Å². The summed E-state index contributed by atoms with van der Waals surface area (Å²) < 4.78 is 0. The van der Waals surface area contributed by atoms with Gasteiger partial charge in [-0.05, 0) is 25.0 Å². The summed E-state index contributed by atoms with van der Waals surface area (Å²) in [5, 5.41) is 0. The highest BCUT2D eigenvalue weighted by Crippen LogP contribution is 2.35. The number of allylic oxidation sites excluding steroid dienone is 1. The van der Waals surface area contributed by atoms with Gasteiger partial charge in [0.15, 0.2) is 0 Å². The number of imide groups is 1. The number of amides is 2. The fourth-order valence-electron chi connectivity index (χ4n) is 2.33. The third-order valence-electron chi connectivity index (χ3n) is 3.51. The average molecular weight is 243 g/mol. The topological polar surface area (TPSA) is 37.4 Å². The van der Waals surface area contributed by atoms with Crippen molar-refractivity contribution < 1.29 is 9.59 Å². The van der Waals surface area contributed by atoms with Crippen molar-refractivity contribution in [3.05, 3.63) is 48.6 Å². The Hall–Kier alpha value is -1.90. The van der Waals surface area contributed by atoms with Crippen LogP contribution in [0.2, 0.25) is 0 Å². The van der Waals surface area contributed by atoms with Gasteiger partial charge in [-0.1, -0.05) is 31.2 Å². The molecule has 1 aliphatic heterocycles. The number of nitrogens with zero attached hydrogens (tertiary/aromatic N) is 1. The minimum Gasteiger partial charge on any atom is -0.278 e. The van der Waals surface area contributed by atoms with Crippen molar-refractivity contribution in [2.24, 2.45) is 5.41 Å². The first-order valence-corrected chi connectivity index (χ1v) is 6.11. The van der Waals surface area contributed by atoms with Gasteiger partial charge in [-0.15, -0.1) is 6.58 Å². The first-order valence-electron chi connectivity index (χ1n) is 6.11. The van der Waals surface area contributed by atoms with E-state index in [9.17, 15) is 9.59 Å². The summed E-state index contributed by atoms with van der Waals surface area (Å²) in [6.45, 7) is 6.07. The smallest absolute Gasteiger partial charge is 0.260 e. The van der Waals surface area contributed by atoms with Crippen LogP contribution in [-0.4, -0.2) is 23.3 Å². The Labute approximate surface area is 107 Å². The van der Waals surface area contributed by atoms with E-state index in [0.29, 0.717) is 24.9 Å². The van der Waals surface area contributed by atoms with Crippen molar-refractivity contribution in [1.29, 1.82) is 0 Å². The van der Waals surface area contributed by atoms with Gasteiger partial charge in [0.2, 0.25) is 5.91 Å². The highest BCUT2D eigenvalue weighted by molar-refractivity contribution is 6.07. The first kappa shape index (κ1) is 12.6. The number of likely N-dealkylation sites (tertiary alicyclic amines) is 1. The summed E-state index contributed by atoms with van der Waals surface area (Å²) in [6.07, 6.45) is 3.06. The second-order valence-corrected chi connectivity index (χ2v) is 4.93. The summed E-state index contributed by atoms with van der Waals surface area (Å²) in [5.74, 6) is -0.287. The quantitative estimate of drug-likeness (QED) is 0.604. The van der Waals surface area contributed by atoms with Crippen LogP contribution >= 0.6 is 0 Å².